The highest BCUT2D eigenvalue weighted by molar-refractivity contribution is 5.91. The number of fused-ring (bicyclic) bond motifs is 1. The van der Waals surface area contributed by atoms with E-state index >= 15 is 0 Å². The number of amides is 1. The maximum Gasteiger partial charge on any atom is 0.244 e. The summed E-state index contributed by atoms with van der Waals surface area (Å²) in [6, 6.07) is 7.47. The van der Waals surface area contributed by atoms with Gasteiger partial charge in [-0.1, -0.05) is 26.0 Å². The molecule has 0 spiro atoms. The molecule has 0 radical (unpaired) electrons. The van der Waals surface area contributed by atoms with Gasteiger partial charge in [-0.2, -0.15) is 0 Å². The van der Waals surface area contributed by atoms with Crippen molar-refractivity contribution in [3.63, 3.8) is 0 Å². The maximum atomic E-state index is 12.0. The van der Waals surface area contributed by atoms with Crippen LogP contribution in [0, 0.1) is 5.41 Å². The molecule has 1 amide bonds. The first kappa shape index (κ1) is 17.2. The number of hydrogen-bond acceptors (Lipinski definition) is 4. The minimum Gasteiger partial charge on any atom is -0.437 e. The molecule has 5 heteroatoms. The molecule has 0 unspecified atom stereocenters. The van der Waals surface area contributed by atoms with E-state index in [-0.39, 0.29) is 17.9 Å². The zero-order valence-corrected chi connectivity index (χ0v) is 13.7. The summed E-state index contributed by atoms with van der Waals surface area (Å²) in [4.78, 5) is 16.3. The summed E-state index contributed by atoms with van der Waals surface area (Å²) < 4.78 is 5.53. The van der Waals surface area contributed by atoms with Crippen LogP contribution in [0.5, 0.6) is 0 Å². The van der Waals surface area contributed by atoms with Gasteiger partial charge >= 0.3 is 0 Å². The zero-order valence-electron chi connectivity index (χ0n) is 13.7. The monoisotopic (exact) mass is 316 g/mol. The van der Waals surface area contributed by atoms with Gasteiger partial charge in [0.05, 0.1) is 0 Å². The minimum absolute atomic E-state index is 0.0458. The molecule has 0 fully saturated rings. The van der Waals surface area contributed by atoms with Gasteiger partial charge in [0.1, 0.15) is 5.52 Å². The summed E-state index contributed by atoms with van der Waals surface area (Å²) in [6.07, 6.45) is 5.52. The van der Waals surface area contributed by atoms with Gasteiger partial charge in [-0.15, -0.1) is 0 Å². The fourth-order valence-electron chi connectivity index (χ4n) is 2.62. The highest BCUT2D eigenvalue weighted by Crippen LogP contribution is 2.29. The van der Waals surface area contributed by atoms with Crippen LogP contribution in [-0.4, -0.2) is 29.1 Å². The van der Waals surface area contributed by atoms with Gasteiger partial charge in [-0.3, -0.25) is 4.79 Å². The van der Waals surface area contributed by atoms with Crippen molar-refractivity contribution in [2.45, 2.75) is 33.1 Å². The molecule has 2 aromatic rings. The molecule has 0 bridgehead atoms. The van der Waals surface area contributed by atoms with E-state index in [4.69, 9.17) is 4.42 Å². The van der Waals surface area contributed by atoms with E-state index < -0.39 is 0 Å². The van der Waals surface area contributed by atoms with E-state index in [0.29, 0.717) is 24.4 Å². The molecule has 23 heavy (non-hydrogen) atoms. The number of hydrogen-bond donors (Lipinski definition) is 2. The summed E-state index contributed by atoms with van der Waals surface area (Å²) in [7, 11) is 0. The molecule has 0 saturated heterocycles. The van der Waals surface area contributed by atoms with Crippen LogP contribution >= 0.6 is 0 Å². The van der Waals surface area contributed by atoms with Crippen LogP contribution in [0.3, 0.4) is 0 Å². The summed E-state index contributed by atoms with van der Waals surface area (Å²) >= 11 is 0. The average Bonchev–Trinajstić information content (AvgIpc) is 3.00. The lowest BCUT2D eigenvalue weighted by Gasteiger charge is -2.31. The standard InChI is InChI=1S/C18H24N2O3/c1-3-18(4-2,11-12-21)13-19-16(22)9-10-17-20-14-7-5-6-8-15(14)23-17/h5-10,21H,3-4,11-13H2,1-2H3,(H,19,22)/b10-9+. The van der Waals surface area contributed by atoms with Crippen LogP contribution in [0.15, 0.2) is 34.8 Å². The second-order valence-corrected chi connectivity index (χ2v) is 5.75. The fourth-order valence-corrected chi connectivity index (χ4v) is 2.62. The Morgan fingerprint density at radius 1 is 1.35 bits per heavy atom. The quantitative estimate of drug-likeness (QED) is 0.734. The molecule has 0 aliphatic carbocycles. The van der Waals surface area contributed by atoms with Crippen molar-refractivity contribution in [3.05, 3.63) is 36.2 Å². The second-order valence-electron chi connectivity index (χ2n) is 5.75. The summed E-state index contributed by atoms with van der Waals surface area (Å²) in [5.74, 6) is 0.227. The summed E-state index contributed by atoms with van der Waals surface area (Å²) in [6.45, 7) is 4.85. The Kier molecular flexibility index (Phi) is 5.93. The molecular weight excluding hydrogens is 292 g/mol. The number of carbonyl (C=O) groups is 1. The molecule has 0 saturated carbocycles. The number of nitrogens with one attached hydrogen (secondary N) is 1. The third-order valence-electron chi connectivity index (χ3n) is 4.47. The Hall–Kier alpha value is -2.14. The molecule has 0 atom stereocenters. The Balaban J connectivity index is 1.95. The number of rotatable bonds is 8. The predicted molar refractivity (Wildman–Crippen MR) is 90.8 cm³/mol. The third kappa shape index (κ3) is 4.42. The number of aliphatic hydroxyl groups is 1. The van der Waals surface area contributed by atoms with E-state index in [1.54, 1.807) is 6.08 Å². The first-order valence-corrected chi connectivity index (χ1v) is 8.05. The number of carbonyl (C=O) groups excluding carboxylic acids is 1. The van der Waals surface area contributed by atoms with Crippen molar-refractivity contribution in [2.75, 3.05) is 13.2 Å². The van der Waals surface area contributed by atoms with Gasteiger partial charge in [0.25, 0.3) is 0 Å². The van der Waals surface area contributed by atoms with Gasteiger partial charge in [-0.05, 0) is 36.8 Å². The molecule has 2 N–H and O–H groups in total. The lowest BCUT2D eigenvalue weighted by molar-refractivity contribution is -0.117. The number of aromatic nitrogens is 1. The van der Waals surface area contributed by atoms with E-state index in [9.17, 15) is 9.90 Å². The molecule has 1 heterocycles. The van der Waals surface area contributed by atoms with Crippen LogP contribution in [0.2, 0.25) is 0 Å². The number of aliphatic hydroxyl groups excluding tert-OH is 1. The smallest absolute Gasteiger partial charge is 0.244 e. The Morgan fingerprint density at radius 2 is 2.09 bits per heavy atom. The number of benzene rings is 1. The van der Waals surface area contributed by atoms with Gasteiger partial charge < -0.3 is 14.8 Å². The lowest BCUT2D eigenvalue weighted by atomic mass is 9.79. The van der Waals surface area contributed by atoms with Crippen molar-refractivity contribution < 1.29 is 14.3 Å². The van der Waals surface area contributed by atoms with Gasteiger partial charge in [-0.25, -0.2) is 4.98 Å². The van der Waals surface area contributed by atoms with Crippen LogP contribution in [0.4, 0.5) is 0 Å². The van der Waals surface area contributed by atoms with Crippen LogP contribution in [0.25, 0.3) is 17.2 Å². The van der Waals surface area contributed by atoms with E-state index in [0.717, 1.165) is 18.4 Å². The predicted octanol–water partition coefficient (Wildman–Crippen LogP) is 3.15. The van der Waals surface area contributed by atoms with E-state index in [1.165, 1.54) is 6.08 Å². The van der Waals surface area contributed by atoms with Gasteiger partial charge in [0.2, 0.25) is 11.8 Å². The van der Waals surface area contributed by atoms with Gasteiger partial charge in [0, 0.05) is 25.3 Å². The van der Waals surface area contributed by atoms with E-state index in [1.807, 2.05) is 24.3 Å². The molecule has 2 rings (SSSR count). The number of oxazole rings is 1. The zero-order chi connectivity index (χ0) is 16.7. The van der Waals surface area contributed by atoms with Gasteiger partial charge in [0.15, 0.2) is 5.58 Å². The van der Waals surface area contributed by atoms with Crippen LogP contribution < -0.4 is 5.32 Å². The number of nitrogens with zero attached hydrogens (tertiary/aromatic N) is 1. The van der Waals surface area contributed by atoms with Crippen molar-refractivity contribution in [3.8, 4) is 0 Å². The normalized spacial score (nSPS) is 12.1. The van der Waals surface area contributed by atoms with Crippen molar-refractivity contribution in [2.24, 2.45) is 5.41 Å². The molecule has 1 aromatic heterocycles. The largest absolute Gasteiger partial charge is 0.437 e. The molecule has 1 aromatic carbocycles. The van der Waals surface area contributed by atoms with Crippen molar-refractivity contribution >= 4 is 23.1 Å². The Bertz CT molecular complexity index is 639. The highest BCUT2D eigenvalue weighted by atomic mass is 16.3. The molecule has 124 valence electrons. The summed E-state index contributed by atoms with van der Waals surface area (Å²) in [5.41, 5.74) is 1.42. The van der Waals surface area contributed by atoms with Crippen LogP contribution in [0.1, 0.15) is 39.0 Å². The molecule has 0 aliphatic heterocycles. The molecular formula is C18H24N2O3. The molecule has 5 nitrogen and oxygen atoms in total. The Labute approximate surface area is 136 Å². The number of para-hydroxylation sites is 2. The highest BCUT2D eigenvalue weighted by Gasteiger charge is 2.25. The van der Waals surface area contributed by atoms with Crippen LogP contribution in [-0.2, 0) is 4.79 Å². The topological polar surface area (TPSA) is 75.4 Å². The first-order chi connectivity index (χ1) is 11.1. The van der Waals surface area contributed by atoms with E-state index in [2.05, 4.69) is 24.1 Å². The first-order valence-electron chi connectivity index (χ1n) is 8.05. The second kappa shape index (κ2) is 7.92. The Morgan fingerprint density at radius 3 is 2.74 bits per heavy atom. The average molecular weight is 316 g/mol. The SMILES string of the molecule is CCC(CC)(CCO)CNC(=O)/C=C/c1nc2ccccc2o1. The van der Waals surface area contributed by atoms with Crippen molar-refractivity contribution in [1.29, 1.82) is 0 Å². The maximum absolute atomic E-state index is 12.0. The third-order valence-corrected chi connectivity index (χ3v) is 4.47. The molecule has 0 aliphatic rings. The lowest BCUT2D eigenvalue weighted by Crippen LogP contribution is -2.36. The van der Waals surface area contributed by atoms with Crippen molar-refractivity contribution in [1.82, 2.24) is 10.3 Å². The minimum atomic E-state index is -0.184. The summed E-state index contributed by atoms with van der Waals surface area (Å²) in [5, 5.41) is 12.1. The fraction of sp³-hybridized carbons (Fsp3) is 0.444.